The summed E-state index contributed by atoms with van der Waals surface area (Å²) in [6.45, 7) is 4.82. The van der Waals surface area contributed by atoms with Crippen molar-refractivity contribution in [2.75, 3.05) is 4.90 Å². The third-order valence-electron chi connectivity index (χ3n) is 14.7. The molecule has 0 saturated carbocycles. The van der Waals surface area contributed by atoms with Crippen LogP contribution in [-0.2, 0) is 6.42 Å². The van der Waals surface area contributed by atoms with Gasteiger partial charge in [-0.15, -0.1) is 0 Å². The van der Waals surface area contributed by atoms with Crippen LogP contribution >= 0.6 is 0 Å². The van der Waals surface area contributed by atoms with E-state index < -0.39 is 0 Å². The topological polar surface area (TPSA) is 45.8 Å². The van der Waals surface area contributed by atoms with E-state index in [9.17, 15) is 0 Å². The molecule has 2 unspecified atom stereocenters. The quantitative estimate of drug-likeness (QED) is 0.157. The fourth-order valence-corrected chi connectivity index (χ4v) is 11.4. The van der Waals surface area contributed by atoms with Gasteiger partial charge in [0.1, 0.15) is 17.3 Å². The second-order valence-corrected chi connectivity index (χ2v) is 18.5. The van der Waals surface area contributed by atoms with Gasteiger partial charge in [0.2, 0.25) is 0 Å². The molecule has 0 fully saturated rings. The molecule has 8 aromatic carbocycles. The third kappa shape index (κ3) is 5.96. The van der Waals surface area contributed by atoms with Crippen molar-refractivity contribution >= 4 is 71.9 Å². The number of nitrogens with zero attached hydrogens (tertiary/aromatic N) is 5. The van der Waals surface area contributed by atoms with E-state index in [1.807, 2.05) is 12.1 Å². The summed E-state index contributed by atoms with van der Waals surface area (Å²) in [6, 6.07) is 61.6. The molecule has 0 saturated heterocycles. The number of anilines is 1. The lowest BCUT2D eigenvalue weighted by Gasteiger charge is -2.52. The maximum atomic E-state index is 5.45. The Morgan fingerprint density at radius 3 is 2.00 bits per heavy atom. The lowest BCUT2D eigenvalue weighted by atomic mass is 9.68. The lowest BCUT2D eigenvalue weighted by Crippen LogP contribution is -2.49. The zero-order chi connectivity index (χ0) is 43.9. The summed E-state index contributed by atoms with van der Waals surface area (Å²) in [7, 11) is 0. The molecule has 66 heavy (non-hydrogen) atoms. The summed E-state index contributed by atoms with van der Waals surface area (Å²) < 4.78 is 2.22. The lowest BCUT2D eigenvalue weighted by molar-refractivity contribution is 0.231. The highest BCUT2D eigenvalue weighted by Crippen LogP contribution is 2.55. The molecular weight excluding hydrogens is 803 g/mol. The van der Waals surface area contributed by atoms with Crippen molar-refractivity contribution in [3.63, 3.8) is 0 Å². The monoisotopic (exact) mass is 849 g/mol. The highest BCUT2D eigenvalue weighted by molar-refractivity contribution is 6.19. The summed E-state index contributed by atoms with van der Waals surface area (Å²) in [5.74, 6) is 2.00. The van der Waals surface area contributed by atoms with Gasteiger partial charge in [-0.1, -0.05) is 172 Å². The molecule has 0 N–H and O–H groups in total. The number of para-hydroxylation sites is 5. The Morgan fingerprint density at radius 2 is 1.23 bits per heavy atom. The summed E-state index contributed by atoms with van der Waals surface area (Å²) in [5, 5.41) is 6.02. The first kappa shape index (κ1) is 38.6. The van der Waals surface area contributed by atoms with E-state index in [2.05, 4.69) is 205 Å². The molecule has 5 nitrogen and oxygen atoms in total. The Morgan fingerprint density at radius 1 is 0.591 bits per heavy atom. The number of benzene rings is 8. The number of amidine groups is 1. The van der Waals surface area contributed by atoms with Crippen molar-refractivity contribution in [2.24, 2.45) is 10.4 Å². The number of rotatable bonds is 6. The van der Waals surface area contributed by atoms with E-state index in [1.54, 1.807) is 0 Å². The summed E-state index contributed by atoms with van der Waals surface area (Å²) in [4.78, 5) is 18.4. The number of aliphatic imine (C=N–C) groups is 1. The van der Waals surface area contributed by atoms with Crippen LogP contribution in [0, 0.1) is 5.41 Å². The van der Waals surface area contributed by atoms with Crippen LogP contribution in [0.3, 0.4) is 0 Å². The van der Waals surface area contributed by atoms with Gasteiger partial charge in [0.25, 0.3) is 0 Å². The van der Waals surface area contributed by atoms with Gasteiger partial charge >= 0.3 is 0 Å². The molecular formula is C61H47N5. The first-order chi connectivity index (χ1) is 32.5. The average Bonchev–Trinajstić information content (AvgIpc) is 3.62. The molecule has 0 amide bonds. The molecule has 4 heterocycles. The number of allylic oxidation sites excluding steroid dienone is 5. The van der Waals surface area contributed by atoms with Gasteiger partial charge in [-0.05, 0) is 116 Å². The Hall–Kier alpha value is -7.89. The molecule has 0 bridgehead atoms. The second kappa shape index (κ2) is 15.1. The fourth-order valence-electron chi connectivity index (χ4n) is 11.4. The van der Waals surface area contributed by atoms with Crippen LogP contribution < -0.4 is 4.90 Å². The van der Waals surface area contributed by atoms with Gasteiger partial charge in [0, 0.05) is 28.6 Å². The number of imidazole rings is 1. The SMILES string of the molecule is CCC1(C)Cc2ccccc2N2C(CC3=CCC=C(c4c5ccccc5c(-c5ccc(-c6nc7ccccc7c7nc8ccccc8n67)cc5)c5ccccc45)C=C3)=Nc3ccccc3C21. The second-order valence-electron chi connectivity index (χ2n) is 18.5. The minimum atomic E-state index is 0.0708. The van der Waals surface area contributed by atoms with Crippen LogP contribution in [0.4, 0.5) is 11.4 Å². The first-order valence-electron chi connectivity index (χ1n) is 23.4. The van der Waals surface area contributed by atoms with E-state index >= 15 is 0 Å². The minimum Gasteiger partial charge on any atom is -0.321 e. The maximum Gasteiger partial charge on any atom is 0.149 e. The molecule has 0 radical (unpaired) electrons. The number of hydrogen-bond acceptors (Lipinski definition) is 4. The molecule has 0 spiro atoms. The van der Waals surface area contributed by atoms with Crippen molar-refractivity contribution < 1.29 is 0 Å². The van der Waals surface area contributed by atoms with Crippen molar-refractivity contribution in [2.45, 2.75) is 45.6 Å². The predicted octanol–water partition coefficient (Wildman–Crippen LogP) is 15.6. The number of aromatic nitrogens is 3. The summed E-state index contributed by atoms with van der Waals surface area (Å²) in [5.41, 5.74) is 16.3. The fraction of sp³-hybridized carbons (Fsp3) is 0.131. The van der Waals surface area contributed by atoms with E-state index in [0.29, 0.717) is 0 Å². The van der Waals surface area contributed by atoms with Crippen molar-refractivity contribution in [1.82, 2.24) is 14.4 Å². The Bertz CT molecular complexity index is 3700. The van der Waals surface area contributed by atoms with Gasteiger partial charge in [0.05, 0.1) is 28.3 Å². The van der Waals surface area contributed by atoms with Crippen LogP contribution in [-0.4, -0.2) is 20.2 Å². The highest BCUT2D eigenvalue weighted by Gasteiger charge is 2.47. The van der Waals surface area contributed by atoms with Crippen LogP contribution in [0.15, 0.2) is 205 Å². The van der Waals surface area contributed by atoms with Crippen LogP contribution in [0.2, 0.25) is 0 Å². The van der Waals surface area contributed by atoms with Crippen molar-refractivity contribution in [3.8, 4) is 22.5 Å². The van der Waals surface area contributed by atoms with E-state index in [4.69, 9.17) is 15.0 Å². The van der Waals surface area contributed by atoms with Crippen LogP contribution in [0.1, 0.15) is 55.8 Å². The van der Waals surface area contributed by atoms with Gasteiger partial charge in [-0.3, -0.25) is 4.40 Å². The number of fused-ring (bicyclic) bond motifs is 12. The zero-order valence-electron chi connectivity index (χ0n) is 37.1. The smallest absolute Gasteiger partial charge is 0.149 e. The number of hydrogen-bond donors (Lipinski definition) is 0. The molecule has 2 aromatic heterocycles. The zero-order valence-corrected chi connectivity index (χ0v) is 37.1. The standard InChI is InChI=1S/C61H47N5/c1-3-61(2)38-43-18-4-14-29-53(43)65-55(62-50-26-11-9-24-48(50)58(61)65)37-39-17-16-19-40(32-31-39)56-44-20-5-7-22-46(44)57(47-23-8-6-21-45(47)56)41-33-35-42(36-34-41)59-63-51-27-12-10-25-49(51)60-64-52-28-13-15-30-54(52)66(59)60/h4-15,17-36,58H,3,16,37-38H2,1-2H3. The van der Waals surface area contributed by atoms with Crippen molar-refractivity contribution in [3.05, 3.63) is 216 Å². The Labute approximate surface area is 384 Å². The molecule has 316 valence electrons. The van der Waals surface area contributed by atoms with Crippen LogP contribution in [0.25, 0.3) is 77.2 Å². The molecule has 3 aliphatic rings. The molecule has 2 atom stereocenters. The normalized spacial score (nSPS) is 17.9. The Balaban J connectivity index is 0.883. The average molecular weight is 850 g/mol. The first-order valence-corrected chi connectivity index (χ1v) is 23.4. The Kier molecular flexibility index (Phi) is 8.82. The van der Waals surface area contributed by atoms with Gasteiger partial charge in [-0.25, -0.2) is 15.0 Å². The molecule has 1 aliphatic carbocycles. The maximum absolute atomic E-state index is 5.45. The highest BCUT2D eigenvalue weighted by atomic mass is 15.3. The van der Waals surface area contributed by atoms with E-state index in [0.717, 1.165) is 76.2 Å². The van der Waals surface area contributed by atoms with E-state index in [-0.39, 0.29) is 11.5 Å². The predicted molar refractivity (Wildman–Crippen MR) is 276 cm³/mol. The summed E-state index contributed by atoms with van der Waals surface area (Å²) in [6.07, 6.45) is 13.3. The van der Waals surface area contributed by atoms with Crippen molar-refractivity contribution in [1.29, 1.82) is 0 Å². The molecule has 2 aliphatic heterocycles. The third-order valence-corrected chi connectivity index (χ3v) is 14.7. The molecule has 5 heteroatoms. The van der Waals surface area contributed by atoms with Gasteiger partial charge in [-0.2, -0.15) is 0 Å². The van der Waals surface area contributed by atoms with E-state index in [1.165, 1.54) is 66.2 Å². The molecule has 10 aromatic rings. The van der Waals surface area contributed by atoms with Gasteiger partial charge in [0.15, 0.2) is 0 Å². The van der Waals surface area contributed by atoms with Gasteiger partial charge < -0.3 is 4.90 Å². The minimum absolute atomic E-state index is 0.0708. The summed E-state index contributed by atoms with van der Waals surface area (Å²) >= 11 is 0. The van der Waals surface area contributed by atoms with Crippen LogP contribution in [0.5, 0.6) is 0 Å². The largest absolute Gasteiger partial charge is 0.321 e. The molecule has 13 rings (SSSR count).